The Hall–Kier alpha value is -0.830. The Morgan fingerprint density at radius 3 is 3.00 bits per heavy atom. The van der Waals surface area contributed by atoms with Crippen LogP contribution < -0.4 is 5.32 Å². The summed E-state index contributed by atoms with van der Waals surface area (Å²) in [6.07, 6.45) is 5.88. The fourth-order valence-electron chi connectivity index (χ4n) is 1.88. The van der Waals surface area contributed by atoms with E-state index in [-0.39, 0.29) is 12.0 Å². The van der Waals surface area contributed by atoms with Gasteiger partial charge in [-0.3, -0.25) is 4.79 Å². The average molecular weight is 153 g/mol. The van der Waals surface area contributed by atoms with Gasteiger partial charge in [0.1, 0.15) is 0 Å². The quantitative estimate of drug-likeness (QED) is 0.535. The van der Waals surface area contributed by atoms with Gasteiger partial charge in [0.05, 0.1) is 5.92 Å². The lowest BCUT2D eigenvalue weighted by Crippen LogP contribution is -2.40. The Bertz CT molecular complexity index is 212. The molecule has 2 N–H and O–H groups in total. The molecule has 2 aliphatic heterocycles. The van der Waals surface area contributed by atoms with Crippen LogP contribution in [0.5, 0.6) is 0 Å². The smallest absolute Gasteiger partial charge is 0.311 e. The first-order valence-electron chi connectivity index (χ1n) is 3.94. The molecule has 0 saturated carbocycles. The number of hydrogen-bond acceptors (Lipinski definition) is 2. The lowest BCUT2D eigenvalue weighted by atomic mass is 9.98. The second kappa shape index (κ2) is 2.34. The molecule has 0 amide bonds. The number of nitrogens with one attached hydrogen (secondary N) is 1. The first-order valence-corrected chi connectivity index (χ1v) is 3.94. The van der Waals surface area contributed by atoms with Crippen LogP contribution in [0, 0.1) is 5.92 Å². The molecule has 3 heteroatoms. The number of rotatable bonds is 1. The molecule has 1 saturated heterocycles. The second-order valence-corrected chi connectivity index (χ2v) is 3.21. The molecule has 3 atom stereocenters. The van der Waals surface area contributed by atoms with E-state index in [1.54, 1.807) is 0 Å². The number of carboxylic acid groups (broad SMARTS) is 1. The Morgan fingerprint density at radius 2 is 2.27 bits per heavy atom. The summed E-state index contributed by atoms with van der Waals surface area (Å²) in [4.78, 5) is 10.7. The van der Waals surface area contributed by atoms with Gasteiger partial charge in [-0.15, -0.1) is 0 Å². The minimum Gasteiger partial charge on any atom is -0.481 e. The predicted molar refractivity (Wildman–Crippen MR) is 40.2 cm³/mol. The van der Waals surface area contributed by atoms with Crippen LogP contribution in [0.1, 0.15) is 12.8 Å². The third kappa shape index (κ3) is 1.05. The van der Waals surface area contributed by atoms with E-state index in [9.17, 15) is 4.79 Å². The Balaban J connectivity index is 2.18. The van der Waals surface area contributed by atoms with Crippen molar-refractivity contribution in [2.75, 3.05) is 0 Å². The standard InChI is InChI=1S/C8H11NO2/c10-8(11)6-3-1-5-2-4-7(6)9-5/h1,3,5-7,9H,2,4H2,(H,10,11). The van der Waals surface area contributed by atoms with Crippen molar-refractivity contribution in [2.45, 2.75) is 24.9 Å². The summed E-state index contributed by atoms with van der Waals surface area (Å²) in [6, 6.07) is 0.623. The van der Waals surface area contributed by atoms with Crippen LogP contribution >= 0.6 is 0 Å². The van der Waals surface area contributed by atoms with Crippen LogP contribution in [0.2, 0.25) is 0 Å². The van der Waals surface area contributed by atoms with Gasteiger partial charge in [0.25, 0.3) is 0 Å². The highest BCUT2D eigenvalue weighted by atomic mass is 16.4. The number of aliphatic carboxylic acids is 1. The Labute approximate surface area is 65.1 Å². The first-order chi connectivity index (χ1) is 5.27. The Morgan fingerprint density at radius 1 is 1.45 bits per heavy atom. The van der Waals surface area contributed by atoms with E-state index < -0.39 is 5.97 Å². The van der Waals surface area contributed by atoms with E-state index in [1.807, 2.05) is 12.2 Å². The molecule has 0 aromatic heterocycles. The molecule has 0 spiro atoms. The van der Waals surface area contributed by atoms with Crippen molar-refractivity contribution in [3.05, 3.63) is 12.2 Å². The van der Waals surface area contributed by atoms with Crippen LogP contribution in [0.3, 0.4) is 0 Å². The van der Waals surface area contributed by atoms with E-state index in [4.69, 9.17) is 5.11 Å². The first kappa shape index (κ1) is 6.85. The molecule has 11 heavy (non-hydrogen) atoms. The lowest BCUT2D eigenvalue weighted by molar-refractivity contribution is -0.140. The van der Waals surface area contributed by atoms with Gasteiger partial charge in [0.2, 0.25) is 0 Å². The molecule has 2 bridgehead atoms. The minimum atomic E-state index is -0.709. The maximum atomic E-state index is 10.7. The summed E-state index contributed by atoms with van der Waals surface area (Å²) < 4.78 is 0. The van der Waals surface area contributed by atoms with Crippen molar-refractivity contribution in [1.82, 2.24) is 5.32 Å². The summed E-state index contributed by atoms with van der Waals surface area (Å²) in [5.74, 6) is -1.01. The third-order valence-electron chi connectivity index (χ3n) is 2.49. The van der Waals surface area contributed by atoms with Gasteiger partial charge < -0.3 is 10.4 Å². The number of carbonyl (C=O) groups is 1. The zero-order valence-corrected chi connectivity index (χ0v) is 6.16. The van der Waals surface area contributed by atoms with E-state index >= 15 is 0 Å². The molecule has 2 aliphatic rings. The molecular formula is C8H11NO2. The van der Waals surface area contributed by atoms with Crippen LogP contribution in [0.4, 0.5) is 0 Å². The third-order valence-corrected chi connectivity index (χ3v) is 2.49. The van der Waals surface area contributed by atoms with Gasteiger partial charge in [-0.1, -0.05) is 12.2 Å². The summed E-state index contributed by atoms with van der Waals surface area (Å²) in [5, 5.41) is 12.0. The fourth-order valence-corrected chi connectivity index (χ4v) is 1.88. The highest BCUT2D eigenvalue weighted by Gasteiger charge is 2.35. The number of carboxylic acids is 1. The molecule has 0 aliphatic carbocycles. The van der Waals surface area contributed by atoms with Gasteiger partial charge in [-0.25, -0.2) is 0 Å². The van der Waals surface area contributed by atoms with Crippen molar-refractivity contribution in [1.29, 1.82) is 0 Å². The summed E-state index contributed by atoms with van der Waals surface area (Å²) in [6.45, 7) is 0. The van der Waals surface area contributed by atoms with E-state index in [0.29, 0.717) is 6.04 Å². The monoisotopic (exact) mass is 153 g/mol. The van der Waals surface area contributed by atoms with Crippen molar-refractivity contribution < 1.29 is 9.90 Å². The largest absolute Gasteiger partial charge is 0.481 e. The average Bonchev–Trinajstić information content (AvgIpc) is 2.32. The van der Waals surface area contributed by atoms with E-state index in [2.05, 4.69) is 5.32 Å². The minimum absolute atomic E-state index is 0.183. The molecule has 60 valence electrons. The summed E-state index contributed by atoms with van der Waals surface area (Å²) in [7, 11) is 0. The van der Waals surface area contributed by atoms with Crippen molar-refractivity contribution >= 4 is 5.97 Å². The van der Waals surface area contributed by atoms with Crippen molar-refractivity contribution in [2.24, 2.45) is 5.92 Å². The molecule has 0 aromatic rings. The topological polar surface area (TPSA) is 49.3 Å². The lowest BCUT2D eigenvalue weighted by Gasteiger charge is -2.21. The summed E-state index contributed by atoms with van der Waals surface area (Å²) in [5.41, 5.74) is 0. The van der Waals surface area contributed by atoms with Crippen molar-refractivity contribution in [3.63, 3.8) is 0 Å². The molecular weight excluding hydrogens is 142 g/mol. The maximum absolute atomic E-state index is 10.7. The van der Waals surface area contributed by atoms with E-state index in [0.717, 1.165) is 12.8 Å². The molecule has 3 unspecified atom stereocenters. The van der Waals surface area contributed by atoms with Gasteiger partial charge in [0, 0.05) is 12.1 Å². The molecule has 2 rings (SSSR count). The van der Waals surface area contributed by atoms with Gasteiger partial charge in [0.15, 0.2) is 0 Å². The van der Waals surface area contributed by atoms with Gasteiger partial charge >= 0.3 is 5.97 Å². The van der Waals surface area contributed by atoms with Gasteiger partial charge in [-0.05, 0) is 12.8 Å². The molecule has 3 nitrogen and oxygen atoms in total. The zero-order valence-electron chi connectivity index (χ0n) is 6.16. The highest BCUT2D eigenvalue weighted by molar-refractivity contribution is 5.73. The van der Waals surface area contributed by atoms with Crippen LogP contribution in [-0.2, 0) is 4.79 Å². The van der Waals surface area contributed by atoms with Crippen molar-refractivity contribution in [3.8, 4) is 0 Å². The van der Waals surface area contributed by atoms with Crippen LogP contribution in [0.25, 0.3) is 0 Å². The van der Waals surface area contributed by atoms with Crippen LogP contribution in [-0.4, -0.2) is 23.2 Å². The molecule has 2 heterocycles. The Kier molecular flexibility index (Phi) is 1.46. The summed E-state index contributed by atoms with van der Waals surface area (Å²) >= 11 is 0. The second-order valence-electron chi connectivity index (χ2n) is 3.21. The number of hydrogen-bond donors (Lipinski definition) is 2. The van der Waals surface area contributed by atoms with E-state index in [1.165, 1.54) is 0 Å². The SMILES string of the molecule is O=C(O)C1C=CC2CCC1N2. The van der Waals surface area contributed by atoms with Gasteiger partial charge in [-0.2, -0.15) is 0 Å². The molecule has 1 fully saturated rings. The maximum Gasteiger partial charge on any atom is 0.311 e. The molecule has 0 radical (unpaired) electrons. The highest BCUT2D eigenvalue weighted by Crippen LogP contribution is 2.25. The number of fused-ring (bicyclic) bond motifs is 2. The van der Waals surface area contributed by atoms with Crippen LogP contribution in [0.15, 0.2) is 12.2 Å². The predicted octanol–water partition coefficient (Wildman–Crippen LogP) is 0.378. The normalized spacial score (nSPS) is 40.9. The molecule has 0 aromatic carbocycles. The zero-order chi connectivity index (χ0) is 7.84. The fraction of sp³-hybridized carbons (Fsp3) is 0.625.